The molecule has 0 unspecified atom stereocenters. The molecule has 2 N–H and O–H groups in total. The molecule has 0 radical (unpaired) electrons. The Bertz CT molecular complexity index is 249. The SMILES string of the molecule is CSCC[C@H](C)NC(=O)N1CCCC[C@H]1CCO. The Morgan fingerprint density at radius 2 is 2.33 bits per heavy atom. The summed E-state index contributed by atoms with van der Waals surface area (Å²) in [5.74, 6) is 1.07. The van der Waals surface area contributed by atoms with Crippen molar-refractivity contribution in [2.45, 2.75) is 51.1 Å². The van der Waals surface area contributed by atoms with E-state index < -0.39 is 0 Å². The first kappa shape index (κ1) is 15.6. The molecule has 0 aromatic rings. The average molecular weight is 274 g/mol. The number of aliphatic hydroxyl groups excluding tert-OH is 1. The standard InChI is InChI=1S/C13H26N2O2S/c1-11(7-10-18-2)14-13(17)15-8-4-3-5-12(15)6-9-16/h11-12,16H,3-10H2,1-2H3,(H,14,17)/t11-,12-/m0/s1. The van der Waals surface area contributed by atoms with Gasteiger partial charge in [0.05, 0.1) is 0 Å². The van der Waals surface area contributed by atoms with E-state index in [1.807, 2.05) is 4.90 Å². The summed E-state index contributed by atoms with van der Waals surface area (Å²) in [6.07, 6.45) is 7.05. The maximum absolute atomic E-state index is 12.2. The third kappa shape index (κ3) is 5.06. The zero-order valence-corrected chi connectivity index (χ0v) is 12.3. The van der Waals surface area contributed by atoms with Crippen molar-refractivity contribution in [2.24, 2.45) is 0 Å². The molecule has 0 aliphatic carbocycles. The molecule has 106 valence electrons. The van der Waals surface area contributed by atoms with Gasteiger partial charge in [0.15, 0.2) is 0 Å². The number of hydrogen-bond donors (Lipinski definition) is 2. The highest BCUT2D eigenvalue weighted by atomic mass is 32.2. The fourth-order valence-electron chi connectivity index (χ4n) is 2.38. The Kier molecular flexibility index (Phi) is 7.51. The van der Waals surface area contributed by atoms with Crippen LogP contribution in [0.5, 0.6) is 0 Å². The van der Waals surface area contributed by atoms with Crippen LogP contribution in [0.4, 0.5) is 4.79 Å². The number of carbonyl (C=O) groups excluding carboxylic acids is 1. The molecule has 1 saturated heterocycles. The van der Waals surface area contributed by atoms with Gasteiger partial charge in [-0.3, -0.25) is 0 Å². The molecule has 0 spiro atoms. The van der Waals surface area contributed by atoms with Gasteiger partial charge in [-0.15, -0.1) is 0 Å². The summed E-state index contributed by atoms with van der Waals surface area (Å²) < 4.78 is 0. The Balaban J connectivity index is 2.42. The van der Waals surface area contributed by atoms with Gasteiger partial charge in [0, 0.05) is 25.2 Å². The van der Waals surface area contributed by atoms with Gasteiger partial charge in [0.2, 0.25) is 0 Å². The molecule has 1 fully saturated rings. The smallest absolute Gasteiger partial charge is 0.317 e. The van der Waals surface area contributed by atoms with Crippen LogP contribution in [0.1, 0.15) is 39.0 Å². The first-order valence-corrected chi connectivity index (χ1v) is 8.25. The molecule has 18 heavy (non-hydrogen) atoms. The minimum atomic E-state index is 0.0433. The lowest BCUT2D eigenvalue weighted by atomic mass is 10.00. The van der Waals surface area contributed by atoms with Crippen molar-refractivity contribution < 1.29 is 9.90 Å². The number of urea groups is 1. The zero-order chi connectivity index (χ0) is 13.4. The molecular formula is C13H26N2O2S. The predicted octanol–water partition coefficient (Wildman–Crippen LogP) is 2.07. The largest absolute Gasteiger partial charge is 0.396 e. The predicted molar refractivity (Wildman–Crippen MR) is 77.0 cm³/mol. The Hall–Kier alpha value is -0.420. The molecule has 0 saturated carbocycles. The lowest BCUT2D eigenvalue weighted by Crippen LogP contribution is -2.51. The molecule has 1 aliphatic rings. The highest BCUT2D eigenvalue weighted by molar-refractivity contribution is 7.98. The molecule has 1 aliphatic heterocycles. The van der Waals surface area contributed by atoms with Gasteiger partial charge in [0.25, 0.3) is 0 Å². The number of piperidine rings is 1. The van der Waals surface area contributed by atoms with Crippen molar-refractivity contribution in [2.75, 3.05) is 25.2 Å². The van der Waals surface area contributed by atoms with Crippen LogP contribution in [0.15, 0.2) is 0 Å². The zero-order valence-electron chi connectivity index (χ0n) is 11.5. The number of rotatable bonds is 6. The fourth-order valence-corrected chi connectivity index (χ4v) is 2.97. The lowest BCUT2D eigenvalue weighted by molar-refractivity contribution is 0.130. The van der Waals surface area contributed by atoms with E-state index in [4.69, 9.17) is 5.11 Å². The topological polar surface area (TPSA) is 52.6 Å². The lowest BCUT2D eigenvalue weighted by Gasteiger charge is -2.36. The molecule has 1 heterocycles. The van der Waals surface area contributed by atoms with Crippen molar-refractivity contribution in [3.63, 3.8) is 0 Å². The molecular weight excluding hydrogens is 248 g/mol. The number of carbonyl (C=O) groups is 1. The Labute approximate surface area is 115 Å². The Morgan fingerprint density at radius 1 is 1.56 bits per heavy atom. The Morgan fingerprint density at radius 3 is 3.00 bits per heavy atom. The highest BCUT2D eigenvalue weighted by Gasteiger charge is 2.26. The van der Waals surface area contributed by atoms with Gasteiger partial charge in [-0.1, -0.05) is 0 Å². The summed E-state index contributed by atoms with van der Waals surface area (Å²) in [5, 5.41) is 12.1. The summed E-state index contributed by atoms with van der Waals surface area (Å²) in [6, 6.07) is 0.486. The van der Waals surface area contributed by atoms with Crippen LogP contribution < -0.4 is 5.32 Å². The van der Waals surface area contributed by atoms with Gasteiger partial charge in [-0.2, -0.15) is 11.8 Å². The summed E-state index contributed by atoms with van der Waals surface area (Å²) in [6.45, 7) is 3.04. The van der Waals surface area contributed by atoms with E-state index in [-0.39, 0.29) is 24.7 Å². The monoisotopic (exact) mass is 274 g/mol. The van der Waals surface area contributed by atoms with Crippen molar-refractivity contribution in [1.82, 2.24) is 10.2 Å². The third-order valence-corrected chi connectivity index (χ3v) is 4.12. The number of likely N-dealkylation sites (tertiary alicyclic amines) is 1. The number of aliphatic hydroxyl groups is 1. The van der Waals surface area contributed by atoms with Crippen LogP contribution in [0.25, 0.3) is 0 Å². The van der Waals surface area contributed by atoms with Gasteiger partial charge in [-0.05, 0) is 51.0 Å². The second-order valence-corrected chi connectivity index (χ2v) is 5.97. The van der Waals surface area contributed by atoms with E-state index in [9.17, 15) is 4.79 Å². The summed E-state index contributed by atoms with van der Waals surface area (Å²) in [7, 11) is 0. The minimum Gasteiger partial charge on any atom is -0.396 e. The number of nitrogens with zero attached hydrogens (tertiary/aromatic N) is 1. The highest BCUT2D eigenvalue weighted by Crippen LogP contribution is 2.19. The first-order chi connectivity index (χ1) is 8.69. The van der Waals surface area contributed by atoms with Gasteiger partial charge >= 0.3 is 6.03 Å². The van der Waals surface area contributed by atoms with E-state index in [1.165, 1.54) is 0 Å². The van der Waals surface area contributed by atoms with Gasteiger partial charge in [0.1, 0.15) is 0 Å². The molecule has 2 atom stereocenters. The van der Waals surface area contributed by atoms with Crippen LogP contribution in [0.2, 0.25) is 0 Å². The van der Waals surface area contributed by atoms with Gasteiger partial charge < -0.3 is 15.3 Å². The summed E-state index contributed by atoms with van der Waals surface area (Å²) in [5.41, 5.74) is 0. The summed E-state index contributed by atoms with van der Waals surface area (Å²) >= 11 is 1.80. The first-order valence-electron chi connectivity index (χ1n) is 6.86. The molecule has 0 aromatic heterocycles. The van der Waals surface area contributed by atoms with Crippen molar-refractivity contribution in [3.8, 4) is 0 Å². The fraction of sp³-hybridized carbons (Fsp3) is 0.923. The quantitative estimate of drug-likeness (QED) is 0.779. The van der Waals surface area contributed by atoms with Crippen molar-refractivity contribution in [1.29, 1.82) is 0 Å². The van der Waals surface area contributed by atoms with Crippen LogP contribution in [-0.2, 0) is 0 Å². The molecule has 2 amide bonds. The maximum Gasteiger partial charge on any atom is 0.317 e. The van der Waals surface area contributed by atoms with Crippen LogP contribution in [-0.4, -0.2) is 53.3 Å². The molecule has 5 heteroatoms. The number of hydrogen-bond acceptors (Lipinski definition) is 3. The molecule has 1 rings (SSSR count). The molecule has 0 aromatic carbocycles. The minimum absolute atomic E-state index is 0.0433. The van der Waals surface area contributed by atoms with E-state index in [1.54, 1.807) is 11.8 Å². The van der Waals surface area contributed by atoms with Crippen molar-refractivity contribution >= 4 is 17.8 Å². The van der Waals surface area contributed by atoms with Crippen molar-refractivity contribution in [3.05, 3.63) is 0 Å². The van der Waals surface area contributed by atoms with Crippen LogP contribution >= 0.6 is 11.8 Å². The second kappa shape index (κ2) is 8.64. The third-order valence-electron chi connectivity index (χ3n) is 3.48. The number of amides is 2. The van der Waals surface area contributed by atoms with Gasteiger partial charge in [-0.25, -0.2) is 4.79 Å². The van der Waals surface area contributed by atoms with E-state index >= 15 is 0 Å². The number of nitrogens with one attached hydrogen (secondary N) is 1. The summed E-state index contributed by atoms with van der Waals surface area (Å²) in [4.78, 5) is 14.1. The van der Waals surface area contributed by atoms with Crippen LogP contribution in [0, 0.1) is 0 Å². The average Bonchev–Trinajstić information content (AvgIpc) is 2.37. The molecule has 4 nitrogen and oxygen atoms in total. The van der Waals surface area contributed by atoms with E-state index in [0.29, 0.717) is 6.42 Å². The number of thioether (sulfide) groups is 1. The normalized spacial score (nSPS) is 21.7. The van der Waals surface area contributed by atoms with E-state index in [2.05, 4.69) is 18.5 Å². The second-order valence-electron chi connectivity index (χ2n) is 4.99. The maximum atomic E-state index is 12.2. The van der Waals surface area contributed by atoms with Crippen LogP contribution in [0.3, 0.4) is 0 Å². The molecule has 0 bridgehead atoms. The van der Waals surface area contributed by atoms with E-state index in [0.717, 1.165) is 38.0 Å².